The number of benzene rings is 1. The van der Waals surface area contributed by atoms with Gasteiger partial charge in [0.25, 0.3) is 5.91 Å². The van der Waals surface area contributed by atoms with Gasteiger partial charge in [-0.25, -0.2) is 16.8 Å². The number of nitrogens with two attached hydrogens (primary N) is 1. The average Bonchev–Trinajstić information content (AvgIpc) is 3.11. The maximum atomic E-state index is 13.1. The Morgan fingerprint density at radius 3 is 2.64 bits per heavy atom. The Bertz CT molecular complexity index is 1080. The van der Waals surface area contributed by atoms with E-state index in [-0.39, 0.29) is 41.5 Å². The summed E-state index contributed by atoms with van der Waals surface area (Å²) in [6.45, 7) is -0.0907. The summed E-state index contributed by atoms with van der Waals surface area (Å²) in [5.74, 6) is -0.916. The molecule has 1 amide bonds. The maximum absolute atomic E-state index is 13.1. The Morgan fingerprint density at radius 1 is 1.29 bits per heavy atom. The molecule has 1 unspecified atom stereocenters. The standard InChI is InChI=1S/C17H20N2O6S3/c1-25-14-5-4-12(11-13(14)17(18)20)28(23,24)19-7-6-16(15-3-2-9-26-15)27(21,22)10-8-19/h2-5,9,11,16H,6-8,10H2,1H3,(H2,18,20). The van der Waals surface area contributed by atoms with Gasteiger partial charge in [-0.2, -0.15) is 4.31 Å². The molecule has 1 atom stereocenters. The number of thiophene rings is 1. The number of nitrogens with zero attached hydrogens (tertiary/aromatic N) is 1. The maximum Gasteiger partial charge on any atom is 0.252 e. The van der Waals surface area contributed by atoms with Crippen LogP contribution in [0.15, 0.2) is 40.6 Å². The molecule has 0 radical (unpaired) electrons. The summed E-state index contributed by atoms with van der Waals surface area (Å²) < 4.78 is 57.6. The number of amides is 1. The molecule has 0 bridgehead atoms. The molecule has 0 saturated carbocycles. The van der Waals surface area contributed by atoms with Gasteiger partial charge in [-0.05, 0) is 36.1 Å². The first-order valence-corrected chi connectivity index (χ1v) is 12.4. The Balaban J connectivity index is 1.93. The Hall–Kier alpha value is -1.95. The summed E-state index contributed by atoms with van der Waals surface area (Å²) in [5, 5.41) is 1.08. The lowest BCUT2D eigenvalue weighted by atomic mass is 10.2. The number of sulfonamides is 1. The largest absolute Gasteiger partial charge is 0.496 e. The van der Waals surface area contributed by atoms with Gasteiger partial charge in [-0.15, -0.1) is 11.3 Å². The van der Waals surface area contributed by atoms with E-state index in [4.69, 9.17) is 10.5 Å². The van der Waals surface area contributed by atoms with Gasteiger partial charge in [-0.1, -0.05) is 6.07 Å². The lowest BCUT2D eigenvalue weighted by molar-refractivity contribution is 0.0997. The second kappa shape index (κ2) is 7.82. The van der Waals surface area contributed by atoms with Gasteiger partial charge in [0.2, 0.25) is 10.0 Å². The van der Waals surface area contributed by atoms with Gasteiger partial charge in [-0.3, -0.25) is 4.79 Å². The van der Waals surface area contributed by atoms with E-state index in [9.17, 15) is 21.6 Å². The Labute approximate surface area is 167 Å². The quantitative estimate of drug-likeness (QED) is 0.743. The summed E-state index contributed by atoms with van der Waals surface area (Å²) in [5.41, 5.74) is 5.25. The van der Waals surface area contributed by atoms with Gasteiger partial charge in [0.15, 0.2) is 9.84 Å². The van der Waals surface area contributed by atoms with Crippen molar-refractivity contribution in [1.82, 2.24) is 4.31 Å². The highest BCUT2D eigenvalue weighted by Crippen LogP contribution is 2.34. The fraction of sp³-hybridized carbons (Fsp3) is 0.353. The molecule has 0 aliphatic carbocycles. The van der Waals surface area contributed by atoms with Crippen LogP contribution in [0.5, 0.6) is 5.75 Å². The lowest BCUT2D eigenvalue weighted by Crippen LogP contribution is -2.33. The second-order valence-corrected chi connectivity index (χ2v) is 11.5. The highest BCUT2D eigenvalue weighted by molar-refractivity contribution is 7.92. The number of ether oxygens (including phenoxy) is 1. The van der Waals surface area contributed by atoms with Crippen molar-refractivity contribution in [2.75, 3.05) is 26.0 Å². The van der Waals surface area contributed by atoms with Gasteiger partial charge in [0.05, 0.1) is 28.6 Å². The van der Waals surface area contributed by atoms with Gasteiger partial charge in [0, 0.05) is 18.0 Å². The van der Waals surface area contributed by atoms with E-state index in [0.29, 0.717) is 4.88 Å². The van der Waals surface area contributed by atoms with Crippen molar-refractivity contribution in [2.45, 2.75) is 16.6 Å². The summed E-state index contributed by atoms with van der Waals surface area (Å²) in [4.78, 5) is 12.2. The van der Waals surface area contributed by atoms with Gasteiger partial charge < -0.3 is 10.5 Å². The summed E-state index contributed by atoms with van der Waals surface area (Å²) in [6.07, 6.45) is 0.168. The zero-order valence-electron chi connectivity index (χ0n) is 15.1. The molecule has 1 aliphatic heterocycles. The van der Waals surface area contributed by atoms with Crippen molar-refractivity contribution in [3.8, 4) is 5.75 Å². The van der Waals surface area contributed by atoms with E-state index < -0.39 is 31.0 Å². The van der Waals surface area contributed by atoms with Crippen LogP contribution in [-0.2, 0) is 19.9 Å². The minimum atomic E-state index is -4.00. The van der Waals surface area contributed by atoms with Crippen LogP contribution in [0.1, 0.15) is 26.9 Å². The first kappa shape index (κ1) is 20.8. The van der Waals surface area contributed by atoms with Crippen LogP contribution < -0.4 is 10.5 Å². The van der Waals surface area contributed by atoms with E-state index in [2.05, 4.69) is 0 Å². The Morgan fingerprint density at radius 2 is 2.04 bits per heavy atom. The summed E-state index contributed by atoms with van der Waals surface area (Å²) in [7, 11) is -6.13. The monoisotopic (exact) mass is 444 g/mol. The molecular weight excluding hydrogens is 424 g/mol. The molecule has 3 rings (SSSR count). The van der Waals surface area contributed by atoms with Crippen LogP contribution >= 0.6 is 11.3 Å². The number of methoxy groups -OCH3 is 1. The predicted octanol–water partition coefficient (Wildman–Crippen LogP) is 1.41. The van der Waals surface area contributed by atoms with Crippen LogP contribution in [0, 0.1) is 0 Å². The van der Waals surface area contributed by atoms with Gasteiger partial charge in [0.1, 0.15) is 5.75 Å². The number of sulfone groups is 1. The third-order valence-corrected chi connectivity index (χ3v) is 9.77. The molecule has 2 N–H and O–H groups in total. The number of primary amides is 1. The average molecular weight is 445 g/mol. The molecule has 1 fully saturated rings. The SMILES string of the molecule is COc1ccc(S(=O)(=O)N2CCC(c3cccs3)S(=O)(=O)CC2)cc1C(N)=O. The van der Waals surface area contributed by atoms with Crippen LogP contribution in [0.25, 0.3) is 0 Å². The van der Waals surface area contributed by atoms with E-state index in [1.165, 1.54) is 30.6 Å². The molecule has 1 saturated heterocycles. The van der Waals surface area contributed by atoms with Crippen molar-refractivity contribution >= 4 is 37.1 Å². The van der Waals surface area contributed by atoms with E-state index >= 15 is 0 Å². The van der Waals surface area contributed by atoms with Crippen LogP contribution in [0.3, 0.4) is 0 Å². The third kappa shape index (κ3) is 3.93. The van der Waals surface area contributed by atoms with Crippen molar-refractivity contribution in [3.63, 3.8) is 0 Å². The third-order valence-electron chi connectivity index (χ3n) is 4.63. The molecule has 11 heteroatoms. The number of hydrogen-bond acceptors (Lipinski definition) is 7. The number of rotatable bonds is 5. The normalized spacial score (nSPS) is 20.4. The zero-order chi connectivity index (χ0) is 20.5. The minimum absolute atomic E-state index is 0.0533. The van der Waals surface area contributed by atoms with Crippen molar-refractivity contribution in [1.29, 1.82) is 0 Å². The van der Waals surface area contributed by atoms with Crippen molar-refractivity contribution < 1.29 is 26.4 Å². The zero-order valence-corrected chi connectivity index (χ0v) is 17.5. The molecule has 2 aromatic rings. The smallest absolute Gasteiger partial charge is 0.252 e. The highest BCUT2D eigenvalue weighted by Gasteiger charge is 2.36. The van der Waals surface area contributed by atoms with E-state index in [1.807, 2.05) is 0 Å². The fourth-order valence-corrected chi connectivity index (χ4v) is 7.75. The molecular formula is C17H20N2O6S3. The van der Waals surface area contributed by atoms with Crippen LogP contribution in [-0.4, -0.2) is 53.0 Å². The van der Waals surface area contributed by atoms with Crippen molar-refractivity contribution in [2.24, 2.45) is 5.73 Å². The molecule has 1 aliphatic rings. The molecule has 2 heterocycles. The van der Waals surface area contributed by atoms with Gasteiger partial charge >= 0.3 is 0 Å². The topological polar surface area (TPSA) is 124 Å². The predicted molar refractivity (Wildman–Crippen MR) is 106 cm³/mol. The summed E-state index contributed by atoms with van der Waals surface area (Å²) >= 11 is 1.34. The molecule has 1 aromatic carbocycles. The molecule has 8 nitrogen and oxygen atoms in total. The van der Waals surface area contributed by atoms with Crippen LogP contribution in [0.2, 0.25) is 0 Å². The molecule has 1 aromatic heterocycles. The second-order valence-electron chi connectivity index (χ2n) is 6.29. The number of carbonyl (C=O) groups is 1. The van der Waals surface area contributed by atoms with E-state index in [0.717, 1.165) is 10.4 Å². The minimum Gasteiger partial charge on any atom is -0.496 e. The lowest BCUT2D eigenvalue weighted by Gasteiger charge is -2.20. The Kier molecular flexibility index (Phi) is 5.80. The van der Waals surface area contributed by atoms with Crippen molar-refractivity contribution in [3.05, 3.63) is 46.2 Å². The van der Waals surface area contributed by atoms with E-state index in [1.54, 1.807) is 17.5 Å². The fourth-order valence-electron chi connectivity index (χ4n) is 3.15. The molecule has 152 valence electrons. The number of hydrogen-bond donors (Lipinski definition) is 1. The first-order chi connectivity index (χ1) is 13.2. The number of carbonyl (C=O) groups excluding carboxylic acids is 1. The highest BCUT2D eigenvalue weighted by atomic mass is 32.2. The first-order valence-electron chi connectivity index (χ1n) is 8.40. The summed E-state index contributed by atoms with van der Waals surface area (Å²) in [6, 6.07) is 7.36. The van der Waals surface area contributed by atoms with Crippen LogP contribution in [0.4, 0.5) is 0 Å². The molecule has 0 spiro atoms. The molecule has 28 heavy (non-hydrogen) atoms.